The van der Waals surface area contributed by atoms with Crippen molar-refractivity contribution in [2.75, 3.05) is 12.1 Å². The minimum atomic E-state index is -0.457. The van der Waals surface area contributed by atoms with Crippen LogP contribution in [-0.2, 0) is 0 Å². The fraction of sp³-hybridized carbons (Fsp3) is 0.118. The number of hydrazone groups is 1. The van der Waals surface area contributed by atoms with Gasteiger partial charge in [-0.25, -0.2) is 10.6 Å². The van der Waals surface area contributed by atoms with Crippen molar-refractivity contribution >= 4 is 24.1 Å². The first-order chi connectivity index (χ1) is 13.1. The molecule has 2 N–H and O–H groups in total. The highest BCUT2D eigenvalue weighted by Crippen LogP contribution is 2.20. The number of nitro groups is 1. The van der Waals surface area contributed by atoms with Gasteiger partial charge < -0.3 is 4.74 Å². The second kappa shape index (κ2) is 8.23. The minimum Gasteiger partial charge on any atom is -0.494 e. The number of aromatic nitrogens is 3. The molecule has 0 aliphatic heterocycles. The fourth-order valence-electron chi connectivity index (χ4n) is 2.33. The van der Waals surface area contributed by atoms with E-state index in [-0.39, 0.29) is 5.69 Å². The Balaban J connectivity index is 1.80. The monoisotopic (exact) mass is 384 g/mol. The van der Waals surface area contributed by atoms with E-state index in [1.807, 2.05) is 31.2 Å². The van der Waals surface area contributed by atoms with Gasteiger partial charge in [-0.15, -0.1) is 0 Å². The summed E-state index contributed by atoms with van der Waals surface area (Å²) in [6.45, 7) is 2.51. The lowest BCUT2D eigenvalue weighted by molar-refractivity contribution is -0.384. The molecule has 1 heterocycles. The number of ether oxygens (including phenoxy) is 1. The van der Waals surface area contributed by atoms with Gasteiger partial charge in [0.1, 0.15) is 5.75 Å². The van der Waals surface area contributed by atoms with E-state index in [1.54, 1.807) is 12.1 Å². The van der Waals surface area contributed by atoms with Crippen LogP contribution >= 0.6 is 12.2 Å². The third-order valence-electron chi connectivity index (χ3n) is 3.55. The van der Waals surface area contributed by atoms with Gasteiger partial charge in [0.25, 0.3) is 5.69 Å². The molecule has 0 spiro atoms. The van der Waals surface area contributed by atoms with E-state index in [1.165, 1.54) is 23.0 Å². The van der Waals surface area contributed by atoms with E-state index in [4.69, 9.17) is 17.0 Å². The molecule has 138 valence electrons. The van der Waals surface area contributed by atoms with E-state index in [9.17, 15) is 10.1 Å². The van der Waals surface area contributed by atoms with E-state index in [2.05, 4.69) is 20.8 Å². The average Bonchev–Trinajstić information content (AvgIpc) is 3.04. The zero-order chi connectivity index (χ0) is 19.2. The Kier molecular flexibility index (Phi) is 5.57. The summed E-state index contributed by atoms with van der Waals surface area (Å²) in [4.78, 5) is 10.4. The summed E-state index contributed by atoms with van der Waals surface area (Å²) < 4.78 is 7.26. The minimum absolute atomic E-state index is 0.00560. The quantitative estimate of drug-likeness (QED) is 0.279. The molecule has 0 bridgehead atoms. The molecule has 1 aromatic heterocycles. The molecule has 2 aromatic carbocycles. The number of H-pyrrole nitrogens is 1. The maximum Gasteiger partial charge on any atom is 0.270 e. The SMILES string of the molecule is CCOc1ccc(-c2n[nH]c(=S)n2N/N=C\c2cccc([N+](=O)[O-])c2)cc1. The number of rotatable bonds is 7. The standard InChI is InChI=1S/C17H16N6O3S/c1-2-26-15-8-6-13(7-9-15)16-19-20-17(27)22(16)21-18-11-12-4-3-5-14(10-12)23(24)25/h3-11,21H,2H2,1H3,(H,20,27)/b18-11-. The number of hydrogen-bond donors (Lipinski definition) is 2. The molecule has 3 rings (SSSR count). The number of aromatic amines is 1. The van der Waals surface area contributed by atoms with Crippen molar-refractivity contribution in [2.24, 2.45) is 5.10 Å². The number of benzene rings is 2. The smallest absolute Gasteiger partial charge is 0.270 e. The van der Waals surface area contributed by atoms with E-state index in [0.29, 0.717) is 22.8 Å². The Morgan fingerprint density at radius 3 is 2.85 bits per heavy atom. The highest BCUT2D eigenvalue weighted by atomic mass is 32.1. The fourth-order valence-corrected chi connectivity index (χ4v) is 2.50. The lowest BCUT2D eigenvalue weighted by Crippen LogP contribution is -2.10. The zero-order valence-electron chi connectivity index (χ0n) is 14.3. The second-order valence-corrected chi connectivity index (χ2v) is 5.74. The molecule has 10 heteroatoms. The number of nitro benzene ring substituents is 1. The lowest BCUT2D eigenvalue weighted by atomic mass is 10.2. The van der Waals surface area contributed by atoms with Crippen LogP contribution in [0.25, 0.3) is 11.4 Å². The maximum absolute atomic E-state index is 10.8. The molecule has 0 fully saturated rings. The van der Waals surface area contributed by atoms with Crippen LogP contribution in [0.1, 0.15) is 12.5 Å². The predicted octanol–water partition coefficient (Wildman–Crippen LogP) is 3.49. The number of hydrogen-bond acceptors (Lipinski definition) is 7. The van der Waals surface area contributed by atoms with Crippen molar-refractivity contribution in [1.29, 1.82) is 0 Å². The summed E-state index contributed by atoms with van der Waals surface area (Å²) in [7, 11) is 0. The molecule has 0 aliphatic rings. The van der Waals surface area contributed by atoms with Crippen LogP contribution in [0, 0.1) is 14.9 Å². The number of non-ortho nitro benzene ring substituents is 1. The molecule has 27 heavy (non-hydrogen) atoms. The van der Waals surface area contributed by atoms with Crippen molar-refractivity contribution in [3.05, 3.63) is 69.0 Å². The largest absolute Gasteiger partial charge is 0.494 e. The third-order valence-corrected chi connectivity index (χ3v) is 3.82. The molecule has 3 aromatic rings. The molecule has 0 unspecified atom stereocenters. The van der Waals surface area contributed by atoms with Gasteiger partial charge in [0.15, 0.2) is 5.82 Å². The van der Waals surface area contributed by atoms with Crippen LogP contribution in [0.4, 0.5) is 5.69 Å². The molecule has 0 radical (unpaired) electrons. The summed E-state index contributed by atoms with van der Waals surface area (Å²) >= 11 is 5.22. The van der Waals surface area contributed by atoms with Gasteiger partial charge in [0.05, 0.1) is 17.7 Å². The molecule has 0 saturated carbocycles. The van der Waals surface area contributed by atoms with Crippen molar-refractivity contribution in [2.45, 2.75) is 6.92 Å². The van der Waals surface area contributed by atoms with Gasteiger partial charge >= 0.3 is 0 Å². The first-order valence-electron chi connectivity index (χ1n) is 8.02. The van der Waals surface area contributed by atoms with Gasteiger partial charge in [0, 0.05) is 23.3 Å². The van der Waals surface area contributed by atoms with Gasteiger partial charge in [-0.2, -0.15) is 14.9 Å². The van der Waals surface area contributed by atoms with Crippen LogP contribution < -0.4 is 10.3 Å². The van der Waals surface area contributed by atoms with Gasteiger partial charge in [-0.3, -0.25) is 10.1 Å². The second-order valence-electron chi connectivity index (χ2n) is 5.36. The Labute approximate surface area is 159 Å². The Morgan fingerprint density at radius 2 is 2.15 bits per heavy atom. The van der Waals surface area contributed by atoms with Gasteiger partial charge in [0.2, 0.25) is 4.77 Å². The summed E-state index contributed by atoms with van der Waals surface area (Å²) in [5.41, 5.74) is 4.17. The maximum atomic E-state index is 10.8. The summed E-state index contributed by atoms with van der Waals surface area (Å²) in [5.74, 6) is 1.30. The molecule has 0 aliphatic carbocycles. The highest BCUT2D eigenvalue weighted by Gasteiger charge is 2.09. The first kappa shape index (κ1) is 18.3. The van der Waals surface area contributed by atoms with Crippen LogP contribution in [-0.4, -0.2) is 32.6 Å². The molecule has 0 atom stereocenters. The normalized spacial score (nSPS) is 10.9. The summed E-state index contributed by atoms with van der Waals surface area (Å²) in [6.07, 6.45) is 1.46. The number of nitrogens with one attached hydrogen (secondary N) is 2. The molecule has 9 nitrogen and oxygen atoms in total. The van der Waals surface area contributed by atoms with Crippen molar-refractivity contribution < 1.29 is 9.66 Å². The van der Waals surface area contributed by atoms with E-state index in [0.717, 1.165) is 11.3 Å². The van der Waals surface area contributed by atoms with Gasteiger partial charge in [-0.05, 0) is 43.4 Å². The molecule has 0 amide bonds. The van der Waals surface area contributed by atoms with Crippen LogP contribution in [0.15, 0.2) is 53.6 Å². The van der Waals surface area contributed by atoms with Crippen molar-refractivity contribution in [1.82, 2.24) is 14.9 Å². The van der Waals surface area contributed by atoms with Crippen LogP contribution in [0.2, 0.25) is 0 Å². The van der Waals surface area contributed by atoms with E-state index >= 15 is 0 Å². The van der Waals surface area contributed by atoms with Crippen molar-refractivity contribution in [3.63, 3.8) is 0 Å². The van der Waals surface area contributed by atoms with Gasteiger partial charge in [-0.1, -0.05) is 12.1 Å². The van der Waals surface area contributed by atoms with Crippen molar-refractivity contribution in [3.8, 4) is 17.1 Å². The number of nitrogens with zero attached hydrogens (tertiary/aromatic N) is 4. The Hall–Kier alpha value is -3.53. The molecular weight excluding hydrogens is 368 g/mol. The first-order valence-corrected chi connectivity index (χ1v) is 8.43. The molecule has 0 saturated heterocycles. The Bertz CT molecular complexity index is 1030. The Morgan fingerprint density at radius 1 is 1.37 bits per heavy atom. The van der Waals surface area contributed by atoms with E-state index < -0.39 is 4.92 Å². The van der Waals surface area contributed by atoms with Crippen LogP contribution in [0.3, 0.4) is 0 Å². The highest BCUT2D eigenvalue weighted by molar-refractivity contribution is 7.71. The molecular formula is C17H16N6O3S. The van der Waals surface area contributed by atoms with Crippen LogP contribution in [0.5, 0.6) is 5.75 Å². The summed E-state index contributed by atoms with van der Waals surface area (Å²) in [5, 5.41) is 21.8. The predicted molar refractivity (Wildman–Crippen MR) is 104 cm³/mol. The lowest BCUT2D eigenvalue weighted by Gasteiger charge is -2.07. The summed E-state index contributed by atoms with van der Waals surface area (Å²) in [6, 6.07) is 13.5. The third kappa shape index (κ3) is 4.36. The average molecular weight is 384 g/mol. The zero-order valence-corrected chi connectivity index (χ0v) is 15.1. The topological polar surface area (TPSA) is 110 Å².